The lowest BCUT2D eigenvalue weighted by Gasteiger charge is -1.59. The highest BCUT2D eigenvalue weighted by atomic mass is 18.1. The Bertz CT molecular complexity index is 27.0. The highest BCUT2D eigenvalue weighted by Gasteiger charge is 1.65. The Balaban J connectivity index is 2.80. The van der Waals surface area contributed by atoms with Crippen LogP contribution in [0.4, 0.5) is 0 Å². The molecule has 0 heterocycles. The molecule has 0 aliphatic heterocycles. The Morgan fingerprint density at radius 1 is 2.00 bits per heavy atom. The monoisotopic (exact) mass is 62.0 g/mol. The lowest BCUT2D eigenvalue weighted by Crippen LogP contribution is -1.78. The summed E-state index contributed by atoms with van der Waals surface area (Å²) in [5, 5.41) is 7.42. The molecule has 0 saturated heterocycles. The molecule has 0 aliphatic carbocycles. The van der Waals surface area contributed by atoms with Gasteiger partial charge in [0, 0.05) is 6.92 Å². The van der Waals surface area contributed by atoms with E-state index in [4.69, 9.17) is 9.90 Å². The highest BCUT2D eigenvalue weighted by molar-refractivity contribution is 5.62. The quantitative estimate of drug-likeness (QED) is 0.404. The number of hydrogen-bond acceptors (Lipinski definition) is 1. The van der Waals surface area contributed by atoms with Crippen LogP contribution in [0, 0.1) is 0 Å². The summed E-state index contributed by atoms with van der Waals surface area (Å²) < 4.78 is 0. The molecular formula is C2H4O2. The summed E-state index contributed by atoms with van der Waals surface area (Å²) in [5.41, 5.74) is 0. The summed E-state index contributed by atoms with van der Waals surface area (Å²) in [4.78, 5) is 9.00. The predicted molar refractivity (Wildman–Crippen MR) is 13.3 cm³/mol. The molecule has 0 unspecified atom stereocenters. The van der Waals surface area contributed by atoms with Crippen LogP contribution in [0.15, 0.2) is 0 Å². The largest absolute Gasteiger partial charge is 0.481 e. The third kappa shape index (κ3) is 1.16. The lowest BCUT2D eigenvalue weighted by atomic mass is 10.9. The molecule has 0 aromatic carbocycles. The zero-order chi connectivity index (χ0) is 3.58. The molecule has 0 bridgehead atoms. The van der Waals surface area contributed by atoms with E-state index in [9.17, 15) is 0 Å². The van der Waals surface area contributed by atoms with Crippen molar-refractivity contribution in [1.29, 1.82) is 0 Å². The maximum Gasteiger partial charge on any atom is 0.300 e. The predicted octanol–water partition coefficient (Wildman–Crippen LogP) is 0.0909. The fourth-order valence-corrected chi connectivity index (χ4v) is 0. The average Bonchev–Trinajstić information content (AvgIpc) is 0.811. The van der Waals surface area contributed by atoms with Crippen LogP contribution >= 0.6 is 0 Å². The van der Waals surface area contributed by atoms with E-state index in [1.807, 2.05) is 0 Å². The van der Waals surface area contributed by atoms with Crippen LogP contribution in [0.25, 0.3) is 0 Å². The van der Waals surface area contributed by atoms with E-state index in [-0.39, 0.29) is 0 Å². The van der Waals surface area contributed by atoms with Crippen molar-refractivity contribution in [3.05, 3.63) is 0 Å². The van der Waals surface area contributed by atoms with Crippen LogP contribution in [0.1, 0.15) is 6.92 Å². The van der Waals surface area contributed by atoms with Gasteiger partial charge in [0.25, 0.3) is 5.97 Å². The molecule has 0 fully saturated rings. The van der Waals surface area contributed by atoms with Crippen molar-refractivity contribution in [3.8, 4) is 0 Å². The SMILES string of the molecule is CC(O)=[18O]. The van der Waals surface area contributed by atoms with E-state index in [0.717, 1.165) is 6.92 Å². The van der Waals surface area contributed by atoms with Gasteiger partial charge in [-0.05, 0) is 0 Å². The molecule has 1 N–H and O–H groups in total. The van der Waals surface area contributed by atoms with E-state index in [2.05, 4.69) is 0 Å². The van der Waals surface area contributed by atoms with Gasteiger partial charge in [-0.1, -0.05) is 0 Å². The first-order chi connectivity index (χ1) is 1.73. The number of carboxylic acids is 1. The van der Waals surface area contributed by atoms with Gasteiger partial charge < -0.3 is 5.11 Å². The van der Waals surface area contributed by atoms with E-state index in [1.165, 1.54) is 0 Å². The lowest BCUT2D eigenvalue weighted by molar-refractivity contribution is -0.134. The molecule has 0 aliphatic rings. The molecule has 0 atom stereocenters. The number of hydrogen-bond donors (Lipinski definition) is 1. The van der Waals surface area contributed by atoms with Gasteiger partial charge in [-0.2, -0.15) is 0 Å². The van der Waals surface area contributed by atoms with Crippen molar-refractivity contribution in [2.45, 2.75) is 6.92 Å². The zero-order valence-corrected chi connectivity index (χ0v) is 2.36. The second-order valence-electron chi connectivity index (χ2n) is 0.519. The van der Waals surface area contributed by atoms with E-state index < -0.39 is 5.97 Å². The summed E-state index contributed by atoms with van der Waals surface area (Å²) >= 11 is 0. The van der Waals surface area contributed by atoms with Crippen molar-refractivity contribution >= 4 is 5.97 Å². The molecule has 2 nitrogen and oxygen atoms in total. The molecule has 0 aromatic rings. The second-order valence-corrected chi connectivity index (χ2v) is 0.519. The van der Waals surface area contributed by atoms with Crippen molar-refractivity contribution in [2.75, 3.05) is 0 Å². The minimum absolute atomic E-state index is 0.833. The molecule has 0 rings (SSSR count). The van der Waals surface area contributed by atoms with Crippen LogP contribution in [0.5, 0.6) is 0 Å². The Morgan fingerprint density at radius 3 is 2.00 bits per heavy atom. The molecule has 0 saturated carbocycles. The Morgan fingerprint density at radius 2 is 2.00 bits per heavy atom. The molecular weight excluding hydrogens is 58.0 g/mol. The Labute approximate surface area is 24.1 Å². The number of rotatable bonds is 0. The summed E-state index contributed by atoms with van der Waals surface area (Å²) in [6, 6.07) is 0. The first kappa shape index (κ1) is 3.47. The minimum Gasteiger partial charge on any atom is -0.481 e. The Kier molecular flexibility index (Phi) is 0.759. The molecule has 0 aromatic heterocycles. The number of carbonyl (C=O) groups is 1. The smallest absolute Gasteiger partial charge is 0.300 e. The first-order valence-corrected chi connectivity index (χ1v) is 0.928. The second kappa shape index (κ2) is 0.875. The number of aliphatic carboxylic acids is 1. The fourth-order valence-electron chi connectivity index (χ4n) is 0. The molecule has 0 amide bonds. The summed E-state index contributed by atoms with van der Waals surface area (Å²) in [6.45, 7) is 1.08. The highest BCUT2D eigenvalue weighted by Crippen LogP contribution is 1.42. The molecule has 0 spiro atoms. The summed E-state index contributed by atoms with van der Waals surface area (Å²) in [5.74, 6) is -0.833. The van der Waals surface area contributed by atoms with Gasteiger partial charge in [-0.3, -0.25) is 4.79 Å². The van der Waals surface area contributed by atoms with Crippen LogP contribution in [0.3, 0.4) is 0 Å². The van der Waals surface area contributed by atoms with Gasteiger partial charge in [0.15, 0.2) is 0 Å². The standard InChI is InChI=1S/C2H4O2/c1-2(3)4/h1H3,(H,3,4)/i3+2. The molecule has 2 heteroatoms. The van der Waals surface area contributed by atoms with E-state index >= 15 is 0 Å². The summed E-state index contributed by atoms with van der Waals surface area (Å²) in [6.07, 6.45) is 0. The first-order valence-electron chi connectivity index (χ1n) is 0.928. The fraction of sp³-hybridized carbons (Fsp3) is 0.500. The van der Waals surface area contributed by atoms with Crippen LogP contribution in [0.2, 0.25) is 0 Å². The Hall–Kier alpha value is -0.530. The third-order valence-corrected chi connectivity index (χ3v) is 0. The van der Waals surface area contributed by atoms with Gasteiger partial charge in [-0.15, -0.1) is 0 Å². The van der Waals surface area contributed by atoms with E-state index in [0.29, 0.717) is 0 Å². The molecule has 0 radical (unpaired) electrons. The molecule has 4 heavy (non-hydrogen) atoms. The van der Waals surface area contributed by atoms with Crippen LogP contribution in [-0.2, 0) is 4.79 Å². The van der Waals surface area contributed by atoms with Crippen molar-refractivity contribution in [3.63, 3.8) is 0 Å². The average molecular weight is 62.1 g/mol. The van der Waals surface area contributed by atoms with Crippen molar-refractivity contribution in [1.82, 2.24) is 0 Å². The van der Waals surface area contributed by atoms with Gasteiger partial charge in [0.1, 0.15) is 0 Å². The minimum atomic E-state index is -0.833. The van der Waals surface area contributed by atoms with E-state index in [1.54, 1.807) is 0 Å². The van der Waals surface area contributed by atoms with Crippen LogP contribution < -0.4 is 0 Å². The van der Waals surface area contributed by atoms with Gasteiger partial charge >= 0.3 is 0 Å². The third-order valence-electron chi connectivity index (χ3n) is 0. The van der Waals surface area contributed by atoms with Crippen molar-refractivity contribution < 1.29 is 9.90 Å². The normalized spacial score (nSPS) is 6.25. The zero-order valence-electron chi connectivity index (χ0n) is 2.36. The summed E-state index contributed by atoms with van der Waals surface area (Å²) in [7, 11) is 0. The maximum absolute atomic E-state index is 9.00. The maximum atomic E-state index is 9.00. The van der Waals surface area contributed by atoms with Gasteiger partial charge in [0.05, 0.1) is 0 Å². The van der Waals surface area contributed by atoms with Gasteiger partial charge in [-0.25, -0.2) is 0 Å². The topological polar surface area (TPSA) is 37.3 Å². The number of carboxylic acid groups (broad SMARTS) is 1. The van der Waals surface area contributed by atoms with Crippen LogP contribution in [-0.4, -0.2) is 11.1 Å². The molecule has 24 valence electrons. The van der Waals surface area contributed by atoms with Crippen molar-refractivity contribution in [2.24, 2.45) is 0 Å². The van der Waals surface area contributed by atoms with Gasteiger partial charge in [0.2, 0.25) is 0 Å².